The predicted molar refractivity (Wildman–Crippen MR) is 54.3 cm³/mol. The van der Waals surface area contributed by atoms with Gasteiger partial charge in [-0.1, -0.05) is 57.9 Å². The molecule has 1 rings (SSSR count). The molecule has 58 valence electrons. The third-order valence-corrected chi connectivity index (χ3v) is 2.01. The molecule has 0 radical (unpaired) electrons. The Bertz CT molecular complexity index is 255. The van der Waals surface area contributed by atoms with E-state index in [1.165, 1.54) is 0 Å². The van der Waals surface area contributed by atoms with Crippen molar-refractivity contribution in [3.8, 4) is 0 Å². The summed E-state index contributed by atoms with van der Waals surface area (Å²) in [7, 11) is 0. The lowest BCUT2D eigenvalue weighted by Gasteiger charge is -1.94. The summed E-state index contributed by atoms with van der Waals surface area (Å²) in [5, 5.41) is 1.66. The summed E-state index contributed by atoms with van der Waals surface area (Å²) in [5.41, 5.74) is 1.06. The van der Waals surface area contributed by atoms with Crippen molar-refractivity contribution in [2.24, 2.45) is 0 Å². The summed E-state index contributed by atoms with van der Waals surface area (Å²) < 4.78 is 0. The molecule has 0 amide bonds. The monoisotopic (exact) mass is 230 g/mol. The van der Waals surface area contributed by atoms with E-state index in [9.17, 15) is 0 Å². The first-order valence-corrected chi connectivity index (χ1v) is 4.81. The third-order valence-electron chi connectivity index (χ3n) is 1.29. The van der Waals surface area contributed by atoms with Gasteiger partial charge in [0.15, 0.2) is 0 Å². The zero-order chi connectivity index (χ0) is 8.10. The van der Waals surface area contributed by atoms with Crippen molar-refractivity contribution in [3.63, 3.8) is 0 Å². The van der Waals surface area contributed by atoms with Gasteiger partial charge in [-0.25, -0.2) is 0 Å². The zero-order valence-corrected chi connectivity index (χ0v) is 8.27. The highest BCUT2D eigenvalue weighted by molar-refractivity contribution is 9.09. The lowest BCUT2D eigenvalue weighted by atomic mass is 10.2. The quantitative estimate of drug-likeness (QED) is 0.680. The minimum absolute atomic E-state index is 0.796. The van der Waals surface area contributed by atoms with Crippen LogP contribution >= 0.6 is 27.5 Å². The smallest absolute Gasteiger partial charge is 0.0478 e. The first-order chi connectivity index (χ1) is 5.34. The maximum absolute atomic E-state index is 5.89. The molecule has 0 unspecified atom stereocenters. The van der Waals surface area contributed by atoms with Crippen molar-refractivity contribution in [1.82, 2.24) is 0 Å². The minimum Gasteiger partial charge on any atom is -0.0883 e. The fourth-order valence-corrected chi connectivity index (χ4v) is 1.17. The molecule has 0 atom stereocenters. The van der Waals surface area contributed by atoms with Crippen molar-refractivity contribution >= 4 is 33.6 Å². The second-order valence-corrected chi connectivity index (χ2v) is 3.13. The molecule has 0 aliphatic rings. The summed E-state index contributed by atoms with van der Waals surface area (Å²) >= 11 is 9.19. The molecule has 11 heavy (non-hydrogen) atoms. The molecule has 1 aromatic carbocycles. The largest absolute Gasteiger partial charge is 0.0883 e. The molecule has 0 bridgehead atoms. The highest BCUT2D eigenvalue weighted by Crippen LogP contribution is 2.16. The Morgan fingerprint density at radius 1 is 1.36 bits per heavy atom. The molecule has 0 aromatic heterocycles. The van der Waals surface area contributed by atoms with Crippen LogP contribution in [0.4, 0.5) is 0 Å². The van der Waals surface area contributed by atoms with Crippen molar-refractivity contribution in [2.75, 3.05) is 5.33 Å². The lowest BCUT2D eigenvalue weighted by molar-refractivity contribution is 1.65. The van der Waals surface area contributed by atoms with Crippen LogP contribution in [0, 0.1) is 0 Å². The average Bonchev–Trinajstić information content (AvgIpc) is 2.03. The Balaban J connectivity index is 2.86. The van der Waals surface area contributed by atoms with Crippen molar-refractivity contribution in [1.29, 1.82) is 0 Å². The van der Waals surface area contributed by atoms with Gasteiger partial charge in [0.05, 0.1) is 0 Å². The molecule has 0 saturated carbocycles. The molecule has 0 fully saturated rings. The topological polar surface area (TPSA) is 0 Å². The number of hydrogen-bond donors (Lipinski definition) is 0. The Morgan fingerprint density at radius 3 is 2.73 bits per heavy atom. The first kappa shape index (κ1) is 8.82. The van der Waals surface area contributed by atoms with E-state index in [4.69, 9.17) is 11.6 Å². The van der Waals surface area contributed by atoms with Gasteiger partial charge in [0, 0.05) is 10.4 Å². The molecule has 1 aromatic rings. The van der Waals surface area contributed by atoms with Gasteiger partial charge in [-0.2, -0.15) is 0 Å². The summed E-state index contributed by atoms with van der Waals surface area (Å²) in [6.07, 6.45) is 4.01. The van der Waals surface area contributed by atoms with Gasteiger partial charge in [-0.15, -0.1) is 0 Å². The van der Waals surface area contributed by atoms with Crippen molar-refractivity contribution in [2.45, 2.75) is 0 Å². The van der Waals surface area contributed by atoms with Gasteiger partial charge in [-0.3, -0.25) is 0 Å². The van der Waals surface area contributed by atoms with E-state index in [1.807, 2.05) is 36.4 Å². The number of alkyl halides is 1. The van der Waals surface area contributed by atoms with Gasteiger partial charge in [0.25, 0.3) is 0 Å². The molecule has 0 aliphatic heterocycles. The first-order valence-electron chi connectivity index (χ1n) is 3.31. The van der Waals surface area contributed by atoms with Crippen LogP contribution in [0.2, 0.25) is 5.02 Å². The van der Waals surface area contributed by atoms with Crippen LogP contribution in [-0.2, 0) is 0 Å². The Labute approximate surface area is 80.0 Å². The lowest BCUT2D eigenvalue weighted by Crippen LogP contribution is -1.72. The van der Waals surface area contributed by atoms with E-state index in [2.05, 4.69) is 15.9 Å². The highest BCUT2D eigenvalue weighted by Gasteiger charge is 1.91. The van der Waals surface area contributed by atoms with Crippen LogP contribution in [0.1, 0.15) is 5.56 Å². The number of halogens is 2. The van der Waals surface area contributed by atoms with Crippen molar-refractivity contribution in [3.05, 3.63) is 40.9 Å². The SMILES string of the molecule is Clc1ccccc1C=CCBr. The Hall–Kier alpha value is -0.270. The molecule has 0 heterocycles. The third kappa shape index (κ3) is 2.68. The van der Waals surface area contributed by atoms with Gasteiger partial charge >= 0.3 is 0 Å². The fourth-order valence-electron chi connectivity index (χ4n) is 0.782. The summed E-state index contributed by atoms with van der Waals surface area (Å²) in [6.45, 7) is 0. The average molecular weight is 232 g/mol. The van der Waals surface area contributed by atoms with E-state index in [1.54, 1.807) is 0 Å². The zero-order valence-electron chi connectivity index (χ0n) is 5.93. The van der Waals surface area contributed by atoms with Crippen LogP contribution in [0.15, 0.2) is 30.3 Å². The van der Waals surface area contributed by atoms with E-state index >= 15 is 0 Å². The van der Waals surface area contributed by atoms with E-state index in [0.29, 0.717) is 0 Å². The maximum atomic E-state index is 5.89. The number of rotatable bonds is 2. The number of allylic oxidation sites excluding steroid dienone is 1. The van der Waals surface area contributed by atoms with Crippen LogP contribution in [0.25, 0.3) is 6.08 Å². The fraction of sp³-hybridized carbons (Fsp3) is 0.111. The molecular weight excluding hydrogens is 223 g/mol. The normalized spacial score (nSPS) is 10.7. The van der Waals surface area contributed by atoms with Crippen LogP contribution in [0.3, 0.4) is 0 Å². The van der Waals surface area contributed by atoms with Gasteiger partial charge in [0.2, 0.25) is 0 Å². The number of hydrogen-bond acceptors (Lipinski definition) is 0. The van der Waals surface area contributed by atoms with Crippen LogP contribution in [0.5, 0.6) is 0 Å². The second kappa shape index (κ2) is 4.58. The summed E-state index contributed by atoms with van der Waals surface area (Å²) in [5.74, 6) is 0. The van der Waals surface area contributed by atoms with Gasteiger partial charge < -0.3 is 0 Å². The second-order valence-electron chi connectivity index (χ2n) is 2.08. The predicted octanol–water partition coefficient (Wildman–Crippen LogP) is 3.75. The molecule has 2 heteroatoms. The summed E-state index contributed by atoms with van der Waals surface area (Å²) in [4.78, 5) is 0. The van der Waals surface area contributed by atoms with Gasteiger partial charge in [0.1, 0.15) is 0 Å². The number of benzene rings is 1. The van der Waals surface area contributed by atoms with Gasteiger partial charge in [-0.05, 0) is 11.6 Å². The van der Waals surface area contributed by atoms with Crippen LogP contribution < -0.4 is 0 Å². The molecule has 0 spiro atoms. The van der Waals surface area contributed by atoms with Crippen molar-refractivity contribution < 1.29 is 0 Å². The minimum atomic E-state index is 0.796. The molecule has 0 saturated heterocycles. The van der Waals surface area contributed by atoms with E-state index in [0.717, 1.165) is 15.9 Å². The Morgan fingerprint density at radius 2 is 2.09 bits per heavy atom. The standard InChI is InChI=1S/C9H8BrCl/c10-7-3-5-8-4-1-2-6-9(8)11/h1-6H,7H2. The molecular formula is C9H8BrCl. The summed E-state index contributed by atoms with van der Waals surface area (Å²) in [6, 6.07) is 7.77. The molecule has 0 N–H and O–H groups in total. The Kier molecular flexibility index (Phi) is 3.67. The van der Waals surface area contributed by atoms with E-state index < -0.39 is 0 Å². The van der Waals surface area contributed by atoms with E-state index in [-0.39, 0.29) is 0 Å². The molecule has 0 nitrogen and oxygen atoms in total. The molecule has 0 aliphatic carbocycles. The highest BCUT2D eigenvalue weighted by atomic mass is 79.9. The maximum Gasteiger partial charge on any atom is 0.0478 e. The van der Waals surface area contributed by atoms with Crippen LogP contribution in [-0.4, -0.2) is 5.33 Å².